The smallest absolute Gasteiger partial charge is 0.269 e. The topological polar surface area (TPSA) is 63.4 Å². The van der Waals surface area contributed by atoms with Crippen LogP contribution in [0.4, 0.5) is 11.4 Å². The van der Waals surface area contributed by atoms with Gasteiger partial charge in [0.2, 0.25) is 0 Å². The Kier molecular flexibility index (Phi) is 5.38. The predicted octanol–water partition coefficient (Wildman–Crippen LogP) is 5.19. The zero-order valence-electron chi connectivity index (χ0n) is 16.0. The van der Waals surface area contributed by atoms with E-state index in [1.807, 2.05) is 54.6 Å². The third kappa shape index (κ3) is 4.19. The highest BCUT2D eigenvalue weighted by atomic mass is 16.6. The Hall–Kier alpha value is -3.47. The van der Waals surface area contributed by atoms with Crippen LogP contribution in [-0.2, 0) is 13.0 Å². The lowest BCUT2D eigenvalue weighted by atomic mass is 9.90. The van der Waals surface area contributed by atoms with Gasteiger partial charge in [0.1, 0.15) is 0 Å². The van der Waals surface area contributed by atoms with Crippen molar-refractivity contribution in [3.05, 3.63) is 106 Å². The largest absolute Gasteiger partial charge is 0.364 e. The van der Waals surface area contributed by atoms with Gasteiger partial charge in [0, 0.05) is 42.4 Å². The molecule has 0 aromatic heterocycles. The summed E-state index contributed by atoms with van der Waals surface area (Å²) in [7, 11) is 0. The molecule has 1 heterocycles. The van der Waals surface area contributed by atoms with Gasteiger partial charge in [0.25, 0.3) is 5.69 Å². The maximum atomic E-state index is 12.9. The van der Waals surface area contributed by atoms with Gasteiger partial charge >= 0.3 is 0 Å². The first kappa shape index (κ1) is 18.9. The zero-order valence-corrected chi connectivity index (χ0v) is 16.0. The Morgan fingerprint density at radius 2 is 1.69 bits per heavy atom. The average molecular weight is 386 g/mol. The summed E-state index contributed by atoms with van der Waals surface area (Å²) in [5.74, 6) is 0.124. The molecule has 0 N–H and O–H groups in total. The first-order chi connectivity index (χ1) is 14.1. The number of carbonyl (C=O) groups is 1. The third-order valence-electron chi connectivity index (χ3n) is 5.48. The molecule has 0 radical (unpaired) electrons. The molecule has 0 saturated carbocycles. The van der Waals surface area contributed by atoms with Crippen LogP contribution in [0, 0.1) is 10.1 Å². The van der Waals surface area contributed by atoms with E-state index in [-0.39, 0.29) is 22.4 Å². The maximum absolute atomic E-state index is 12.9. The molecule has 0 amide bonds. The van der Waals surface area contributed by atoms with Crippen molar-refractivity contribution in [1.29, 1.82) is 0 Å². The van der Waals surface area contributed by atoms with Crippen molar-refractivity contribution >= 4 is 17.2 Å². The van der Waals surface area contributed by atoms with Crippen molar-refractivity contribution < 1.29 is 9.72 Å². The van der Waals surface area contributed by atoms with Crippen LogP contribution in [0.2, 0.25) is 0 Å². The lowest BCUT2D eigenvalue weighted by Gasteiger charge is -2.39. The second kappa shape index (κ2) is 8.27. The highest BCUT2D eigenvalue weighted by Gasteiger charge is 2.29. The fourth-order valence-corrected chi connectivity index (χ4v) is 4.00. The maximum Gasteiger partial charge on any atom is 0.269 e. The molecule has 146 valence electrons. The van der Waals surface area contributed by atoms with Gasteiger partial charge in [-0.2, -0.15) is 0 Å². The molecule has 29 heavy (non-hydrogen) atoms. The highest BCUT2D eigenvalue weighted by molar-refractivity contribution is 5.96. The molecule has 1 aliphatic rings. The standard InChI is InChI=1S/C24H22N2O3/c27-24(19-9-5-2-6-10-19)16-21-12-11-20-15-22(26(28)29)13-14-23(20)25(21)17-18-7-3-1-4-8-18/h1-10,13-15,21H,11-12,16-17H2/t21-/m0/s1. The lowest BCUT2D eigenvalue weighted by molar-refractivity contribution is -0.384. The number of non-ortho nitro benzene ring substituents is 1. The van der Waals surface area contributed by atoms with E-state index in [0.29, 0.717) is 13.0 Å². The molecule has 0 bridgehead atoms. The first-order valence-corrected chi connectivity index (χ1v) is 9.78. The van der Waals surface area contributed by atoms with Gasteiger partial charge in [-0.15, -0.1) is 0 Å². The number of nitro groups is 1. The monoisotopic (exact) mass is 386 g/mol. The van der Waals surface area contributed by atoms with Gasteiger partial charge in [-0.05, 0) is 30.0 Å². The Bertz CT molecular complexity index is 1020. The fraction of sp³-hybridized carbons (Fsp3) is 0.208. The van der Waals surface area contributed by atoms with E-state index < -0.39 is 0 Å². The quantitative estimate of drug-likeness (QED) is 0.332. The Morgan fingerprint density at radius 1 is 1.00 bits per heavy atom. The fourth-order valence-electron chi connectivity index (χ4n) is 4.00. The van der Waals surface area contributed by atoms with Gasteiger partial charge in [0.15, 0.2) is 5.78 Å². The molecule has 3 aromatic carbocycles. The number of ketones is 1. The van der Waals surface area contributed by atoms with Crippen LogP contribution in [0.1, 0.15) is 34.3 Å². The summed E-state index contributed by atoms with van der Waals surface area (Å²) < 4.78 is 0. The molecule has 0 aliphatic carbocycles. The van der Waals surface area contributed by atoms with Crippen LogP contribution in [-0.4, -0.2) is 16.7 Å². The molecule has 5 nitrogen and oxygen atoms in total. The predicted molar refractivity (Wildman–Crippen MR) is 113 cm³/mol. The molecule has 4 rings (SSSR count). The number of rotatable bonds is 6. The molecule has 0 fully saturated rings. The summed E-state index contributed by atoms with van der Waals surface area (Å²) in [5, 5.41) is 11.2. The van der Waals surface area contributed by atoms with Crippen LogP contribution < -0.4 is 4.90 Å². The first-order valence-electron chi connectivity index (χ1n) is 9.78. The Labute approximate surface area is 169 Å². The van der Waals surface area contributed by atoms with E-state index in [2.05, 4.69) is 17.0 Å². The highest BCUT2D eigenvalue weighted by Crippen LogP contribution is 2.36. The van der Waals surface area contributed by atoms with Crippen LogP contribution in [0.5, 0.6) is 0 Å². The summed E-state index contributed by atoms with van der Waals surface area (Å²) >= 11 is 0. The molecule has 0 unspecified atom stereocenters. The molecule has 1 aliphatic heterocycles. The van der Waals surface area contributed by atoms with Gasteiger partial charge in [-0.1, -0.05) is 60.7 Å². The summed E-state index contributed by atoms with van der Waals surface area (Å²) in [4.78, 5) is 25.9. The second-order valence-corrected chi connectivity index (χ2v) is 7.37. The van der Waals surface area contributed by atoms with Crippen molar-refractivity contribution in [2.45, 2.75) is 31.8 Å². The number of aryl methyl sites for hydroxylation is 1. The zero-order chi connectivity index (χ0) is 20.2. The third-order valence-corrected chi connectivity index (χ3v) is 5.48. The minimum absolute atomic E-state index is 0.0527. The van der Waals surface area contributed by atoms with Crippen molar-refractivity contribution in [3.8, 4) is 0 Å². The average Bonchev–Trinajstić information content (AvgIpc) is 2.76. The van der Waals surface area contributed by atoms with Crippen LogP contribution >= 0.6 is 0 Å². The van der Waals surface area contributed by atoms with E-state index in [1.165, 1.54) is 0 Å². The molecular weight excluding hydrogens is 364 g/mol. The van der Waals surface area contributed by atoms with Crippen molar-refractivity contribution in [2.75, 3.05) is 4.90 Å². The number of fused-ring (bicyclic) bond motifs is 1. The number of carbonyl (C=O) groups excluding carboxylic acids is 1. The number of anilines is 1. The van der Waals surface area contributed by atoms with Crippen LogP contribution in [0.15, 0.2) is 78.9 Å². The molecule has 5 heteroatoms. The minimum Gasteiger partial charge on any atom is -0.364 e. The van der Waals surface area contributed by atoms with Gasteiger partial charge < -0.3 is 4.90 Å². The summed E-state index contributed by atoms with van der Waals surface area (Å²) in [6, 6.07) is 24.6. The molecular formula is C24H22N2O3. The van der Waals surface area contributed by atoms with Crippen molar-refractivity contribution in [1.82, 2.24) is 0 Å². The summed E-state index contributed by atoms with van der Waals surface area (Å²) in [6.07, 6.45) is 1.95. The van der Waals surface area contributed by atoms with Gasteiger partial charge in [-0.25, -0.2) is 0 Å². The summed E-state index contributed by atoms with van der Waals surface area (Å²) in [6.45, 7) is 0.665. The van der Waals surface area contributed by atoms with Crippen LogP contribution in [0.25, 0.3) is 0 Å². The van der Waals surface area contributed by atoms with Gasteiger partial charge in [-0.3, -0.25) is 14.9 Å². The van der Waals surface area contributed by atoms with Crippen molar-refractivity contribution in [3.63, 3.8) is 0 Å². The lowest BCUT2D eigenvalue weighted by Crippen LogP contribution is -2.40. The Balaban J connectivity index is 1.65. The molecule has 0 spiro atoms. The van der Waals surface area contributed by atoms with E-state index in [4.69, 9.17) is 0 Å². The Morgan fingerprint density at radius 3 is 2.38 bits per heavy atom. The summed E-state index contributed by atoms with van der Waals surface area (Å²) in [5.41, 5.74) is 3.94. The van der Waals surface area contributed by atoms with E-state index in [9.17, 15) is 14.9 Å². The minimum atomic E-state index is -0.354. The van der Waals surface area contributed by atoms with E-state index in [1.54, 1.807) is 12.1 Å². The normalized spacial score (nSPS) is 15.6. The van der Waals surface area contributed by atoms with Crippen LogP contribution in [0.3, 0.4) is 0 Å². The number of nitro benzene ring substituents is 1. The number of hydrogen-bond acceptors (Lipinski definition) is 4. The van der Waals surface area contributed by atoms with Gasteiger partial charge in [0.05, 0.1) is 4.92 Å². The van der Waals surface area contributed by atoms with Crippen molar-refractivity contribution in [2.24, 2.45) is 0 Å². The second-order valence-electron chi connectivity index (χ2n) is 7.37. The number of benzene rings is 3. The number of nitrogens with zero attached hydrogens (tertiary/aromatic N) is 2. The molecule has 0 saturated heterocycles. The van der Waals surface area contributed by atoms with E-state index >= 15 is 0 Å². The molecule has 3 aromatic rings. The number of hydrogen-bond donors (Lipinski definition) is 0. The molecule has 1 atom stereocenters. The van der Waals surface area contributed by atoms with E-state index in [0.717, 1.165) is 35.2 Å². The number of Topliss-reactive ketones (excluding diaryl/α,β-unsaturated/α-hetero) is 1. The SMILES string of the molecule is O=C(C[C@@H]1CCc2cc([N+](=O)[O-])ccc2N1Cc1ccccc1)c1ccccc1.